The summed E-state index contributed by atoms with van der Waals surface area (Å²) in [4.78, 5) is 8.65. The summed E-state index contributed by atoms with van der Waals surface area (Å²) in [6.45, 7) is 0.704. The highest BCUT2D eigenvalue weighted by atomic mass is 127. The standard InChI is InChI=1S/C9H7IN2/c10-9-6-11-5-7-3-1-2-4-8(7)12-9/h1-5H,6H2. The van der Waals surface area contributed by atoms with E-state index in [-0.39, 0.29) is 0 Å². The van der Waals surface area contributed by atoms with Crippen LogP contribution in [0.15, 0.2) is 34.3 Å². The van der Waals surface area contributed by atoms with E-state index < -0.39 is 0 Å². The molecule has 2 nitrogen and oxygen atoms in total. The van der Waals surface area contributed by atoms with Gasteiger partial charge in [0.15, 0.2) is 0 Å². The Hall–Kier alpha value is -0.710. The molecular weight excluding hydrogens is 263 g/mol. The van der Waals surface area contributed by atoms with Gasteiger partial charge in [-0.25, -0.2) is 4.99 Å². The summed E-state index contributed by atoms with van der Waals surface area (Å²) in [5.74, 6) is 0. The van der Waals surface area contributed by atoms with Crippen LogP contribution in [0, 0.1) is 0 Å². The molecule has 0 unspecified atom stereocenters. The van der Waals surface area contributed by atoms with Crippen LogP contribution in [-0.4, -0.2) is 16.5 Å². The lowest BCUT2D eigenvalue weighted by Crippen LogP contribution is -1.88. The molecule has 3 heteroatoms. The third kappa shape index (κ3) is 1.55. The fourth-order valence-electron chi connectivity index (χ4n) is 1.08. The van der Waals surface area contributed by atoms with E-state index in [4.69, 9.17) is 0 Å². The largest absolute Gasteiger partial charge is 0.286 e. The Balaban J connectivity index is 2.58. The van der Waals surface area contributed by atoms with Crippen molar-refractivity contribution >= 4 is 38.2 Å². The predicted molar refractivity (Wildman–Crippen MR) is 60.0 cm³/mol. The molecular formula is C9H7IN2. The van der Waals surface area contributed by atoms with Crippen molar-refractivity contribution in [2.24, 2.45) is 9.98 Å². The lowest BCUT2D eigenvalue weighted by Gasteiger charge is -1.95. The first-order chi connectivity index (χ1) is 5.86. The van der Waals surface area contributed by atoms with Gasteiger partial charge in [0.25, 0.3) is 0 Å². The van der Waals surface area contributed by atoms with Crippen LogP contribution in [0.25, 0.3) is 0 Å². The summed E-state index contributed by atoms with van der Waals surface area (Å²) in [7, 11) is 0. The SMILES string of the molecule is IC1=Nc2ccccc2C=NC1. The molecule has 0 spiro atoms. The van der Waals surface area contributed by atoms with E-state index in [1.54, 1.807) is 0 Å². The van der Waals surface area contributed by atoms with E-state index in [1.807, 2.05) is 30.5 Å². The van der Waals surface area contributed by atoms with E-state index in [2.05, 4.69) is 32.6 Å². The van der Waals surface area contributed by atoms with Gasteiger partial charge in [-0.3, -0.25) is 4.99 Å². The molecule has 0 saturated heterocycles. The molecule has 0 fully saturated rings. The molecule has 2 rings (SSSR count). The average molecular weight is 270 g/mol. The van der Waals surface area contributed by atoms with Crippen LogP contribution in [0.1, 0.15) is 5.56 Å². The number of hydrogen-bond donors (Lipinski definition) is 0. The first-order valence-electron chi connectivity index (χ1n) is 3.68. The second kappa shape index (κ2) is 3.35. The predicted octanol–water partition coefficient (Wildman–Crippen LogP) is 2.58. The van der Waals surface area contributed by atoms with E-state index in [1.165, 1.54) is 0 Å². The molecule has 0 N–H and O–H groups in total. The smallest absolute Gasteiger partial charge is 0.100 e. The first-order valence-corrected chi connectivity index (χ1v) is 4.76. The summed E-state index contributed by atoms with van der Waals surface area (Å²) in [5, 5.41) is 0. The summed E-state index contributed by atoms with van der Waals surface area (Å²) in [5.41, 5.74) is 2.12. The third-order valence-corrected chi connectivity index (χ3v) is 2.21. The molecule has 60 valence electrons. The molecule has 0 amide bonds. The van der Waals surface area contributed by atoms with Gasteiger partial charge in [0, 0.05) is 11.8 Å². The molecule has 12 heavy (non-hydrogen) atoms. The molecule has 0 saturated carbocycles. The molecule has 1 heterocycles. The number of aliphatic imine (C=N–C) groups is 2. The van der Waals surface area contributed by atoms with Crippen molar-refractivity contribution in [3.63, 3.8) is 0 Å². The van der Waals surface area contributed by atoms with E-state index in [9.17, 15) is 0 Å². The van der Waals surface area contributed by atoms with Gasteiger partial charge in [-0.15, -0.1) is 0 Å². The van der Waals surface area contributed by atoms with Gasteiger partial charge in [0.05, 0.1) is 12.2 Å². The fourth-order valence-corrected chi connectivity index (χ4v) is 1.54. The average Bonchev–Trinajstić information content (AvgIpc) is 2.25. The Morgan fingerprint density at radius 3 is 3.00 bits per heavy atom. The quantitative estimate of drug-likeness (QED) is 0.647. The molecule has 0 aromatic heterocycles. The molecule has 1 aliphatic rings. The van der Waals surface area contributed by atoms with Gasteiger partial charge in [-0.2, -0.15) is 0 Å². The Morgan fingerprint density at radius 1 is 1.25 bits per heavy atom. The Kier molecular flexibility index (Phi) is 2.21. The van der Waals surface area contributed by atoms with Crippen LogP contribution in [0.3, 0.4) is 0 Å². The van der Waals surface area contributed by atoms with Crippen molar-refractivity contribution in [2.45, 2.75) is 0 Å². The molecule has 0 bridgehead atoms. The lowest BCUT2D eigenvalue weighted by atomic mass is 10.2. The van der Waals surface area contributed by atoms with Crippen LogP contribution in [0.5, 0.6) is 0 Å². The minimum atomic E-state index is 0.704. The molecule has 0 atom stereocenters. The molecule has 1 aromatic rings. The van der Waals surface area contributed by atoms with E-state index >= 15 is 0 Å². The van der Waals surface area contributed by atoms with Crippen molar-refractivity contribution in [1.82, 2.24) is 0 Å². The topological polar surface area (TPSA) is 24.7 Å². The summed E-state index contributed by atoms with van der Waals surface area (Å²) >= 11 is 2.21. The highest BCUT2D eigenvalue weighted by molar-refractivity contribution is 14.1. The highest BCUT2D eigenvalue weighted by Gasteiger charge is 2.02. The monoisotopic (exact) mass is 270 g/mol. The van der Waals surface area contributed by atoms with Crippen LogP contribution in [0.2, 0.25) is 0 Å². The number of fused-ring (bicyclic) bond motifs is 1. The van der Waals surface area contributed by atoms with Crippen LogP contribution in [0.4, 0.5) is 5.69 Å². The van der Waals surface area contributed by atoms with Gasteiger partial charge >= 0.3 is 0 Å². The normalized spacial score (nSPS) is 14.9. The van der Waals surface area contributed by atoms with Crippen LogP contribution >= 0.6 is 22.6 Å². The van der Waals surface area contributed by atoms with Crippen molar-refractivity contribution < 1.29 is 0 Å². The van der Waals surface area contributed by atoms with Gasteiger partial charge in [0.1, 0.15) is 3.72 Å². The summed E-state index contributed by atoms with van der Waals surface area (Å²) in [6.07, 6.45) is 1.88. The van der Waals surface area contributed by atoms with Gasteiger partial charge in [-0.05, 0) is 28.7 Å². The Morgan fingerprint density at radius 2 is 2.08 bits per heavy atom. The summed E-state index contributed by atoms with van der Waals surface area (Å²) < 4.78 is 1.04. The number of hydrogen-bond acceptors (Lipinski definition) is 2. The van der Waals surface area contributed by atoms with Gasteiger partial charge in [0.2, 0.25) is 0 Å². The minimum Gasteiger partial charge on any atom is -0.286 e. The van der Waals surface area contributed by atoms with E-state index in [0.717, 1.165) is 15.0 Å². The number of nitrogens with zero attached hydrogens (tertiary/aromatic N) is 2. The van der Waals surface area contributed by atoms with Gasteiger partial charge < -0.3 is 0 Å². The molecule has 1 aliphatic heterocycles. The number of para-hydroxylation sites is 1. The van der Waals surface area contributed by atoms with Gasteiger partial charge in [-0.1, -0.05) is 18.2 Å². The van der Waals surface area contributed by atoms with E-state index in [0.29, 0.717) is 6.54 Å². The molecule has 0 radical (unpaired) electrons. The zero-order valence-corrected chi connectivity index (χ0v) is 8.52. The van der Waals surface area contributed by atoms with Crippen LogP contribution < -0.4 is 0 Å². The minimum absolute atomic E-state index is 0.704. The maximum atomic E-state index is 4.42. The number of rotatable bonds is 0. The first kappa shape index (κ1) is 7.91. The Labute approximate surface area is 84.6 Å². The van der Waals surface area contributed by atoms with Crippen molar-refractivity contribution in [2.75, 3.05) is 6.54 Å². The lowest BCUT2D eigenvalue weighted by molar-refractivity contribution is 1.34. The zero-order chi connectivity index (χ0) is 8.39. The van der Waals surface area contributed by atoms with Crippen LogP contribution in [-0.2, 0) is 0 Å². The van der Waals surface area contributed by atoms with Crippen molar-refractivity contribution in [3.05, 3.63) is 29.8 Å². The number of benzene rings is 1. The third-order valence-electron chi connectivity index (χ3n) is 1.63. The molecule has 0 aliphatic carbocycles. The zero-order valence-electron chi connectivity index (χ0n) is 6.37. The van der Waals surface area contributed by atoms with Crippen molar-refractivity contribution in [3.8, 4) is 0 Å². The number of halogens is 1. The van der Waals surface area contributed by atoms with Crippen molar-refractivity contribution in [1.29, 1.82) is 0 Å². The summed E-state index contributed by atoms with van der Waals surface area (Å²) in [6, 6.07) is 8.02. The highest BCUT2D eigenvalue weighted by Crippen LogP contribution is 2.19. The second-order valence-electron chi connectivity index (χ2n) is 2.52. The molecule has 1 aromatic carbocycles. The second-order valence-corrected chi connectivity index (χ2v) is 3.76. The maximum Gasteiger partial charge on any atom is 0.100 e. The maximum absolute atomic E-state index is 4.42. The fraction of sp³-hybridized carbons (Fsp3) is 0.111. The Bertz CT molecular complexity index is 355.